The molecule has 1 heterocycles. The molecule has 0 saturated carbocycles. The van der Waals surface area contributed by atoms with Gasteiger partial charge in [-0.25, -0.2) is 0 Å². The van der Waals surface area contributed by atoms with Crippen molar-refractivity contribution in [3.63, 3.8) is 0 Å². The quantitative estimate of drug-likeness (QED) is 0.771. The molecule has 1 aromatic heterocycles. The summed E-state index contributed by atoms with van der Waals surface area (Å²) in [7, 11) is 0. The summed E-state index contributed by atoms with van der Waals surface area (Å²) in [6.07, 6.45) is 0. The zero-order chi connectivity index (χ0) is 14.7. The van der Waals surface area contributed by atoms with Crippen LogP contribution in [0.2, 0.25) is 0 Å². The molecule has 0 atom stereocenters. The van der Waals surface area contributed by atoms with E-state index in [2.05, 4.69) is 15.5 Å². The number of carbonyl (C=O) groups excluding carboxylic acids is 1. The monoisotopic (exact) mass is 281 g/mol. The van der Waals surface area contributed by atoms with E-state index in [-0.39, 0.29) is 5.91 Å². The first-order valence-corrected chi connectivity index (χ1v) is 6.75. The van der Waals surface area contributed by atoms with Crippen LogP contribution in [0.25, 0.3) is 10.9 Å². The molecular weight excluding hydrogens is 266 g/mol. The van der Waals surface area contributed by atoms with E-state index in [1.54, 1.807) is 6.07 Å². The number of H-pyrrole nitrogens is 1. The number of rotatable bonds is 4. The highest BCUT2D eigenvalue weighted by molar-refractivity contribution is 6.11. The number of fused-ring (bicyclic) bond motifs is 1. The maximum atomic E-state index is 12.3. The molecular formula is C16H15N3O2. The Kier molecular flexibility index (Phi) is 3.55. The molecule has 0 spiro atoms. The molecule has 0 aliphatic heterocycles. The summed E-state index contributed by atoms with van der Waals surface area (Å²) in [5.41, 5.74) is 1.90. The molecule has 2 N–H and O–H groups in total. The fraction of sp³-hybridized carbons (Fsp3) is 0.125. The number of ether oxygens (including phenoxy) is 1. The van der Waals surface area contributed by atoms with Crippen molar-refractivity contribution in [2.75, 3.05) is 11.9 Å². The molecule has 0 fully saturated rings. The molecule has 0 saturated heterocycles. The molecule has 2 aromatic carbocycles. The second-order valence-corrected chi connectivity index (χ2v) is 4.53. The van der Waals surface area contributed by atoms with Gasteiger partial charge in [-0.3, -0.25) is 9.89 Å². The summed E-state index contributed by atoms with van der Waals surface area (Å²) < 4.78 is 5.42. The van der Waals surface area contributed by atoms with Crippen LogP contribution in [0.3, 0.4) is 0 Å². The van der Waals surface area contributed by atoms with E-state index in [0.29, 0.717) is 18.0 Å². The Morgan fingerprint density at radius 3 is 2.95 bits per heavy atom. The van der Waals surface area contributed by atoms with Gasteiger partial charge < -0.3 is 10.1 Å². The number of aromatic nitrogens is 2. The highest BCUT2D eigenvalue weighted by Gasteiger charge is 2.14. The summed E-state index contributed by atoms with van der Waals surface area (Å²) in [6, 6.07) is 14.8. The van der Waals surface area contributed by atoms with Crippen molar-refractivity contribution in [3.05, 3.63) is 54.2 Å². The Bertz CT molecular complexity index is 780. The standard InChI is InChI=1S/C16H15N3O2/c1-2-21-12-7-5-6-11(10-12)17-16(20)15-13-8-3-4-9-14(13)18-19-15/h3-10H,2H2,1H3,(H,17,20)(H,18,19). The van der Waals surface area contributed by atoms with E-state index in [0.717, 1.165) is 16.7 Å². The van der Waals surface area contributed by atoms with Crippen LogP contribution in [0.1, 0.15) is 17.4 Å². The third-order valence-electron chi connectivity index (χ3n) is 3.09. The molecule has 0 radical (unpaired) electrons. The van der Waals surface area contributed by atoms with E-state index in [4.69, 9.17) is 4.74 Å². The predicted molar refractivity (Wildman–Crippen MR) is 81.7 cm³/mol. The van der Waals surface area contributed by atoms with Crippen molar-refractivity contribution >= 4 is 22.5 Å². The zero-order valence-electron chi connectivity index (χ0n) is 11.6. The molecule has 3 rings (SSSR count). The molecule has 5 nitrogen and oxygen atoms in total. The van der Waals surface area contributed by atoms with Crippen molar-refractivity contribution in [1.29, 1.82) is 0 Å². The van der Waals surface area contributed by atoms with Crippen LogP contribution in [0.4, 0.5) is 5.69 Å². The van der Waals surface area contributed by atoms with Crippen LogP contribution in [-0.2, 0) is 0 Å². The number of hydrogen-bond donors (Lipinski definition) is 2. The number of para-hydroxylation sites is 1. The van der Waals surface area contributed by atoms with Crippen LogP contribution < -0.4 is 10.1 Å². The van der Waals surface area contributed by atoms with Gasteiger partial charge in [0.1, 0.15) is 5.75 Å². The summed E-state index contributed by atoms with van der Waals surface area (Å²) >= 11 is 0. The second kappa shape index (κ2) is 5.66. The molecule has 0 bridgehead atoms. The first kappa shape index (κ1) is 13.2. The number of nitrogens with one attached hydrogen (secondary N) is 2. The second-order valence-electron chi connectivity index (χ2n) is 4.53. The van der Waals surface area contributed by atoms with Crippen molar-refractivity contribution in [2.24, 2.45) is 0 Å². The van der Waals surface area contributed by atoms with Crippen LogP contribution in [0, 0.1) is 0 Å². The number of nitrogens with zero attached hydrogens (tertiary/aromatic N) is 1. The Morgan fingerprint density at radius 2 is 2.10 bits per heavy atom. The third kappa shape index (κ3) is 2.72. The van der Waals surface area contributed by atoms with E-state index in [1.165, 1.54) is 0 Å². The number of anilines is 1. The normalized spacial score (nSPS) is 10.5. The molecule has 0 aliphatic rings. The van der Waals surface area contributed by atoms with Crippen LogP contribution in [0.15, 0.2) is 48.5 Å². The number of carbonyl (C=O) groups is 1. The molecule has 106 valence electrons. The summed E-state index contributed by atoms with van der Waals surface area (Å²) in [5, 5.41) is 10.6. The van der Waals surface area contributed by atoms with Crippen LogP contribution in [0.5, 0.6) is 5.75 Å². The Hall–Kier alpha value is -2.82. The Morgan fingerprint density at radius 1 is 1.24 bits per heavy atom. The lowest BCUT2D eigenvalue weighted by Gasteiger charge is -2.07. The van der Waals surface area contributed by atoms with Gasteiger partial charge in [-0.15, -0.1) is 0 Å². The summed E-state index contributed by atoms with van der Waals surface area (Å²) in [6.45, 7) is 2.50. The van der Waals surface area contributed by atoms with Crippen molar-refractivity contribution in [2.45, 2.75) is 6.92 Å². The van der Waals surface area contributed by atoms with Crippen LogP contribution >= 0.6 is 0 Å². The van der Waals surface area contributed by atoms with Gasteiger partial charge in [-0.05, 0) is 25.1 Å². The zero-order valence-corrected chi connectivity index (χ0v) is 11.6. The van der Waals surface area contributed by atoms with Gasteiger partial charge in [0, 0.05) is 17.1 Å². The van der Waals surface area contributed by atoms with Gasteiger partial charge >= 0.3 is 0 Å². The van der Waals surface area contributed by atoms with Crippen molar-refractivity contribution in [3.8, 4) is 5.75 Å². The molecule has 0 unspecified atom stereocenters. The smallest absolute Gasteiger partial charge is 0.276 e. The fourth-order valence-corrected chi connectivity index (χ4v) is 2.16. The largest absolute Gasteiger partial charge is 0.494 e. The molecule has 0 aliphatic carbocycles. The first-order chi connectivity index (χ1) is 10.3. The summed E-state index contributed by atoms with van der Waals surface area (Å²) in [5.74, 6) is 0.475. The minimum absolute atomic E-state index is 0.249. The average Bonchev–Trinajstić information content (AvgIpc) is 2.92. The first-order valence-electron chi connectivity index (χ1n) is 6.75. The highest BCUT2D eigenvalue weighted by Crippen LogP contribution is 2.20. The van der Waals surface area contributed by atoms with Crippen molar-refractivity contribution in [1.82, 2.24) is 10.2 Å². The SMILES string of the molecule is CCOc1cccc(NC(=O)c2n[nH]c3ccccc23)c1. The van der Waals surface area contributed by atoms with Gasteiger partial charge in [0.25, 0.3) is 5.91 Å². The lowest BCUT2D eigenvalue weighted by atomic mass is 10.2. The van der Waals surface area contributed by atoms with Gasteiger partial charge in [0.05, 0.1) is 12.1 Å². The minimum atomic E-state index is -0.249. The lowest BCUT2D eigenvalue weighted by Crippen LogP contribution is -2.12. The predicted octanol–water partition coefficient (Wildman–Crippen LogP) is 3.21. The van der Waals surface area contributed by atoms with Gasteiger partial charge in [-0.1, -0.05) is 24.3 Å². The topological polar surface area (TPSA) is 67.0 Å². The van der Waals surface area contributed by atoms with Crippen molar-refractivity contribution < 1.29 is 9.53 Å². The van der Waals surface area contributed by atoms with E-state index < -0.39 is 0 Å². The third-order valence-corrected chi connectivity index (χ3v) is 3.09. The van der Waals surface area contributed by atoms with Crippen LogP contribution in [-0.4, -0.2) is 22.7 Å². The maximum Gasteiger partial charge on any atom is 0.276 e. The lowest BCUT2D eigenvalue weighted by molar-refractivity contribution is 0.102. The maximum absolute atomic E-state index is 12.3. The van der Waals surface area contributed by atoms with E-state index in [1.807, 2.05) is 49.4 Å². The minimum Gasteiger partial charge on any atom is -0.494 e. The highest BCUT2D eigenvalue weighted by atomic mass is 16.5. The number of benzene rings is 2. The fourth-order valence-electron chi connectivity index (χ4n) is 2.16. The van der Waals surface area contributed by atoms with Gasteiger partial charge in [0.15, 0.2) is 5.69 Å². The Labute approximate surface area is 121 Å². The number of amides is 1. The van der Waals surface area contributed by atoms with Gasteiger partial charge in [-0.2, -0.15) is 5.10 Å². The van der Waals surface area contributed by atoms with E-state index >= 15 is 0 Å². The number of hydrogen-bond acceptors (Lipinski definition) is 3. The number of aromatic amines is 1. The van der Waals surface area contributed by atoms with E-state index in [9.17, 15) is 4.79 Å². The molecule has 21 heavy (non-hydrogen) atoms. The van der Waals surface area contributed by atoms with Gasteiger partial charge in [0.2, 0.25) is 0 Å². The molecule has 3 aromatic rings. The average molecular weight is 281 g/mol. The molecule has 1 amide bonds. The Balaban J connectivity index is 1.84. The molecule has 5 heteroatoms. The summed E-state index contributed by atoms with van der Waals surface area (Å²) in [4.78, 5) is 12.3.